The molecule has 0 aliphatic heterocycles. The van der Waals surface area contributed by atoms with Crippen LogP contribution >= 0.6 is 0 Å². The van der Waals surface area contributed by atoms with Gasteiger partial charge in [-0.15, -0.1) is 6.58 Å². The lowest BCUT2D eigenvalue weighted by atomic mass is 10.0. The maximum atomic E-state index is 11.7. The molecule has 1 aromatic heterocycles. The molecular weight excluding hydrogens is 174 g/mol. The van der Waals surface area contributed by atoms with E-state index < -0.39 is 0 Å². The van der Waals surface area contributed by atoms with Crippen molar-refractivity contribution in [3.8, 4) is 0 Å². The Morgan fingerprint density at radius 3 is 2.79 bits per heavy atom. The molecule has 0 spiro atoms. The zero-order chi connectivity index (χ0) is 10.6. The van der Waals surface area contributed by atoms with Crippen LogP contribution in [0.5, 0.6) is 0 Å². The normalized spacial score (nSPS) is 9.86. The number of rotatable bonds is 4. The van der Waals surface area contributed by atoms with Gasteiger partial charge in [0.25, 0.3) is 0 Å². The molecule has 0 radical (unpaired) electrons. The lowest BCUT2D eigenvalue weighted by Gasteiger charge is -2.03. The molecule has 0 bridgehead atoms. The van der Waals surface area contributed by atoms with Gasteiger partial charge in [-0.05, 0) is 31.9 Å². The third-order valence-electron chi connectivity index (χ3n) is 2.10. The van der Waals surface area contributed by atoms with Gasteiger partial charge in [0.05, 0.1) is 0 Å². The molecule has 0 aliphatic rings. The fourth-order valence-corrected chi connectivity index (χ4v) is 1.25. The maximum Gasteiger partial charge on any atom is 0.163 e. The Labute approximate surface area is 84.7 Å². The van der Waals surface area contributed by atoms with Crippen LogP contribution in [0.4, 0.5) is 0 Å². The summed E-state index contributed by atoms with van der Waals surface area (Å²) in [4.78, 5) is 15.7. The van der Waals surface area contributed by atoms with Crippen molar-refractivity contribution < 1.29 is 4.79 Å². The van der Waals surface area contributed by atoms with Crippen LogP contribution in [-0.4, -0.2) is 10.8 Å². The van der Waals surface area contributed by atoms with Crippen molar-refractivity contribution in [2.75, 3.05) is 0 Å². The van der Waals surface area contributed by atoms with Crippen molar-refractivity contribution in [3.05, 3.63) is 41.7 Å². The standard InChI is InChI=1S/C12H15NO/c1-9(2)4-5-12(14)11-6-7-13-8-10(11)3/h6-8H,1,4-5H2,2-3H3. The summed E-state index contributed by atoms with van der Waals surface area (Å²) < 4.78 is 0. The van der Waals surface area contributed by atoms with E-state index in [1.54, 1.807) is 18.5 Å². The van der Waals surface area contributed by atoms with Gasteiger partial charge in [-0.25, -0.2) is 0 Å². The first kappa shape index (κ1) is 10.6. The van der Waals surface area contributed by atoms with E-state index >= 15 is 0 Å². The zero-order valence-electron chi connectivity index (χ0n) is 8.71. The van der Waals surface area contributed by atoms with E-state index in [1.807, 2.05) is 13.8 Å². The van der Waals surface area contributed by atoms with Gasteiger partial charge in [0.15, 0.2) is 5.78 Å². The van der Waals surface area contributed by atoms with Crippen LogP contribution in [0, 0.1) is 6.92 Å². The number of ketones is 1. The summed E-state index contributed by atoms with van der Waals surface area (Å²) in [7, 11) is 0. The van der Waals surface area contributed by atoms with Crippen molar-refractivity contribution >= 4 is 5.78 Å². The molecule has 1 aromatic rings. The van der Waals surface area contributed by atoms with E-state index in [0.717, 1.165) is 23.1 Å². The predicted octanol–water partition coefficient (Wildman–Crippen LogP) is 2.93. The molecule has 0 N–H and O–H groups in total. The molecule has 14 heavy (non-hydrogen) atoms. The predicted molar refractivity (Wildman–Crippen MR) is 57.4 cm³/mol. The Morgan fingerprint density at radius 1 is 1.50 bits per heavy atom. The SMILES string of the molecule is C=C(C)CCC(=O)c1ccncc1C. The molecule has 0 fully saturated rings. The van der Waals surface area contributed by atoms with Crippen molar-refractivity contribution in [1.29, 1.82) is 0 Å². The largest absolute Gasteiger partial charge is 0.294 e. The van der Waals surface area contributed by atoms with Crippen LogP contribution in [0.2, 0.25) is 0 Å². The van der Waals surface area contributed by atoms with Crippen LogP contribution in [0.3, 0.4) is 0 Å². The van der Waals surface area contributed by atoms with Crippen LogP contribution in [0.15, 0.2) is 30.6 Å². The van der Waals surface area contributed by atoms with Crippen molar-refractivity contribution in [1.82, 2.24) is 4.98 Å². The Hall–Kier alpha value is -1.44. The minimum absolute atomic E-state index is 0.174. The van der Waals surface area contributed by atoms with Gasteiger partial charge in [-0.1, -0.05) is 5.57 Å². The Balaban J connectivity index is 2.70. The molecule has 0 saturated heterocycles. The number of pyridine rings is 1. The second-order valence-electron chi connectivity index (χ2n) is 3.57. The van der Waals surface area contributed by atoms with Gasteiger partial charge < -0.3 is 0 Å². The lowest BCUT2D eigenvalue weighted by Crippen LogP contribution is -2.02. The van der Waals surface area contributed by atoms with Gasteiger partial charge in [-0.2, -0.15) is 0 Å². The van der Waals surface area contributed by atoms with Crippen LogP contribution in [0.25, 0.3) is 0 Å². The molecule has 2 heteroatoms. The molecular formula is C12H15NO. The van der Waals surface area contributed by atoms with Gasteiger partial charge in [-0.3, -0.25) is 9.78 Å². The monoisotopic (exact) mass is 189 g/mol. The number of carbonyl (C=O) groups is 1. The van der Waals surface area contributed by atoms with Crippen molar-refractivity contribution in [2.24, 2.45) is 0 Å². The van der Waals surface area contributed by atoms with E-state index in [0.29, 0.717) is 6.42 Å². The molecule has 1 heterocycles. The molecule has 1 rings (SSSR count). The summed E-state index contributed by atoms with van der Waals surface area (Å²) in [5.74, 6) is 0.174. The Morgan fingerprint density at radius 2 is 2.21 bits per heavy atom. The number of allylic oxidation sites excluding steroid dienone is 1. The minimum Gasteiger partial charge on any atom is -0.294 e. The van der Waals surface area contributed by atoms with Crippen molar-refractivity contribution in [2.45, 2.75) is 26.7 Å². The average Bonchev–Trinajstić information content (AvgIpc) is 2.15. The summed E-state index contributed by atoms with van der Waals surface area (Å²) in [6.45, 7) is 7.62. The summed E-state index contributed by atoms with van der Waals surface area (Å²) >= 11 is 0. The van der Waals surface area contributed by atoms with Gasteiger partial charge in [0, 0.05) is 24.4 Å². The molecule has 0 amide bonds. The lowest BCUT2D eigenvalue weighted by molar-refractivity contribution is 0.0982. The first-order chi connectivity index (χ1) is 6.61. The number of nitrogens with zero attached hydrogens (tertiary/aromatic N) is 1. The number of aryl methyl sites for hydroxylation is 1. The van der Waals surface area contributed by atoms with Gasteiger partial charge in [0.1, 0.15) is 0 Å². The maximum absolute atomic E-state index is 11.7. The van der Waals surface area contributed by atoms with Gasteiger partial charge >= 0.3 is 0 Å². The zero-order valence-corrected chi connectivity index (χ0v) is 8.71. The fourth-order valence-electron chi connectivity index (χ4n) is 1.25. The second kappa shape index (κ2) is 4.70. The number of hydrogen-bond acceptors (Lipinski definition) is 2. The Kier molecular flexibility index (Phi) is 3.57. The van der Waals surface area contributed by atoms with E-state index in [-0.39, 0.29) is 5.78 Å². The van der Waals surface area contributed by atoms with Crippen molar-refractivity contribution in [3.63, 3.8) is 0 Å². The van der Waals surface area contributed by atoms with Crippen LogP contribution in [-0.2, 0) is 0 Å². The molecule has 0 unspecified atom stereocenters. The number of aromatic nitrogens is 1. The molecule has 0 aromatic carbocycles. The molecule has 74 valence electrons. The quantitative estimate of drug-likeness (QED) is 0.538. The van der Waals surface area contributed by atoms with E-state index in [9.17, 15) is 4.79 Å². The summed E-state index contributed by atoms with van der Waals surface area (Å²) in [6.07, 6.45) is 4.68. The third kappa shape index (κ3) is 2.80. The first-order valence-corrected chi connectivity index (χ1v) is 4.69. The van der Waals surface area contributed by atoms with E-state index in [2.05, 4.69) is 11.6 Å². The van der Waals surface area contributed by atoms with E-state index in [4.69, 9.17) is 0 Å². The highest BCUT2D eigenvalue weighted by atomic mass is 16.1. The summed E-state index contributed by atoms with van der Waals surface area (Å²) in [6, 6.07) is 1.77. The summed E-state index contributed by atoms with van der Waals surface area (Å²) in [5, 5.41) is 0. The smallest absolute Gasteiger partial charge is 0.163 e. The topological polar surface area (TPSA) is 30.0 Å². The molecule has 0 atom stereocenters. The fraction of sp³-hybridized carbons (Fsp3) is 0.333. The average molecular weight is 189 g/mol. The third-order valence-corrected chi connectivity index (χ3v) is 2.10. The molecule has 0 aliphatic carbocycles. The number of Topliss-reactive ketones (excluding diaryl/α,β-unsaturated/α-hetero) is 1. The minimum atomic E-state index is 0.174. The van der Waals surface area contributed by atoms with Crippen LogP contribution < -0.4 is 0 Å². The van der Waals surface area contributed by atoms with Crippen LogP contribution in [0.1, 0.15) is 35.7 Å². The highest BCUT2D eigenvalue weighted by Gasteiger charge is 2.07. The molecule has 0 saturated carbocycles. The van der Waals surface area contributed by atoms with E-state index in [1.165, 1.54) is 0 Å². The highest BCUT2D eigenvalue weighted by Crippen LogP contribution is 2.11. The van der Waals surface area contributed by atoms with Gasteiger partial charge in [0.2, 0.25) is 0 Å². The Bertz CT molecular complexity index is 355. The number of hydrogen-bond donors (Lipinski definition) is 0. The highest BCUT2D eigenvalue weighted by molar-refractivity contribution is 5.97. The molecule has 2 nitrogen and oxygen atoms in total. The summed E-state index contributed by atoms with van der Waals surface area (Å²) in [5.41, 5.74) is 2.77. The first-order valence-electron chi connectivity index (χ1n) is 4.69. The second-order valence-corrected chi connectivity index (χ2v) is 3.57. The number of carbonyl (C=O) groups excluding carboxylic acids is 1.